The number of carbonyl (C=O) groups excluding carboxylic acids is 2. The average molecular weight is 560 g/mol. The monoisotopic (exact) mass is 559 g/mol. The molecule has 1 saturated heterocycles. The van der Waals surface area contributed by atoms with E-state index in [0.29, 0.717) is 12.1 Å². The molecule has 6 nitrogen and oxygen atoms in total. The van der Waals surface area contributed by atoms with Crippen LogP contribution in [0, 0.1) is 0 Å². The van der Waals surface area contributed by atoms with Gasteiger partial charge in [0.2, 0.25) is 5.91 Å². The predicted octanol–water partition coefficient (Wildman–Crippen LogP) is 5.02. The fraction of sp³-hybridized carbons (Fsp3) is 0.481. The molecule has 2 aromatic carbocycles. The van der Waals surface area contributed by atoms with E-state index >= 15 is 0 Å². The molecule has 0 aromatic heterocycles. The van der Waals surface area contributed by atoms with Gasteiger partial charge >= 0.3 is 18.4 Å². The summed E-state index contributed by atoms with van der Waals surface area (Å²) in [4.78, 5) is 29.3. The number of nitrogens with one attached hydrogen (secondary N) is 1. The Kier molecular flexibility index (Phi) is 8.59. The highest BCUT2D eigenvalue weighted by Crippen LogP contribution is 2.40. The SMILES string of the molecule is CC(CO)NC(=O)N1C[C@@H](N(C)C(=O)C(C)(C)c2cc(C(F)(F)F)cc(C(F)(F)F)c2)[C@H](c2ccccc2)C1. The highest BCUT2D eigenvalue weighted by Gasteiger charge is 2.45. The van der Waals surface area contributed by atoms with Crippen molar-refractivity contribution < 1.29 is 41.0 Å². The molecule has 12 heteroatoms. The number of rotatable bonds is 6. The molecule has 2 aromatic rings. The van der Waals surface area contributed by atoms with Gasteiger partial charge in [0.25, 0.3) is 0 Å². The molecule has 1 aliphatic heterocycles. The minimum absolute atomic E-state index is 0.0278. The molecule has 214 valence electrons. The first kappa shape index (κ1) is 30.3. The standard InChI is InChI=1S/C27H31F6N3O3/c1-16(15-37)34-24(39)36-13-21(17-8-6-5-7-9-17)22(14-36)35(4)23(38)25(2,3)18-10-19(26(28,29)30)12-20(11-18)27(31,32)33/h5-12,16,21-22,37H,13-15H2,1-4H3,(H,34,39)/t16?,21-,22+/m0/s1. The number of halogens is 6. The molecule has 3 atom stereocenters. The van der Waals surface area contributed by atoms with Gasteiger partial charge in [-0.1, -0.05) is 30.3 Å². The number of amides is 3. The third kappa shape index (κ3) is 6.66. The maximum atomic E-state index is 13.8. The summed E-state index contributed by atoms with van der Waals surface area (Å²) in [5.74, 6) is -1.08. The van der Waals surface area contributed by atoms with Crippen LogP contribution in [0.4, 0.5) is 31.1 Å². The number of nitrogens with zero attached hydrogens (tertiary/aromatic N) is 2. The van der Waals surface area contributed by atoms with Crippen LogP contribution in [0.3, 0.4) is 0 Å². The van der Waals surface area contributed by atoms with Gasteiger partial charge in [-0.15, -0.1) is 0 Å². The number of likely N-dealkylation sites (N-methyl/N-ethyl adjacent to an activating group) is 1. The molecule has 3 rings (SSSR count). The molecule has 39 heavy (non-hydrogen) atoms. The van der Waals surface area contributed by atoms with E-state index in [9.17, 15) is 41.0 Å². The van der Waals surface area contributed by atoms with Gasteiger partial charge in [-0.2, -0.15) is 26.3 Å². The van der Waals surface area contributed by atoms with Crippen molar-refractivity contribution in [2.75, 3.05) is 26.7 Å². The smallest absolute Gasteiger partial charge is 0.394 e. The van der Waals surface area contributed by atoms with Crippen LogP contribution in [-0.2, 0) is 22.6 Å². The maximum Gasteiger partial charge on any atom is 0.416 e. The molecule has 0 bridgehead atoms. The van der Waals surface area contributed by atoms with E-state index in [4.69, 9.17) is 0 Å². The number of carbonyl (C=O) groups is 2. The van der Waals surface area contributed by atoms with Gasteiger partial charge in [0.15, 0.2) is 0 Å². The summed E-state index contributed by atoms with van der Waals surface area (Å²) in [6.45, 7) is 4.16. The molecular formula is C27H31F6N3O3. The topological polar surface area (TPSA) is 72.9 Å². The van der Waals surface area contributed by atoms with Crippen molar-refractivity contribution in [3.63, 3.8) is 0 Å². The summed E-state index contributed by atoms with van der Waals surface area (Å²) >= 11 is 0. The predicted molar refractivity (Wildman–Crippen MR) is 132 cm³/mol. The number of aliphatic hydroxyl groups is 1. The van der Waals surface area contributed by atoms with Gasteiger partial charge in [-0.25, -0.2) is 4.79 Å². The molecule has 1 aliphatic rings. The Bertz CT molecular complexity index is 1150. The van der Waals surface area contributed by atoms with Gasteiger partial charge in [-0.3, -0.25) is 4.79 Å². The normalized spacial score (nSPS) is 19.1. The third-order valence-electron chi connectivity index (χ3n) is 7.11. The molecule has 0 saturated carbocycles. The quantitative estimate of drug-likeness (QED) is 0.489. The van der Waals surface area contributed by atoms with Crippen LogP contribution >= 0.6 is 0 Å². The number of alkyl halides is 6. The summed E-state index contributed by atoms with van der Waals surface area (Å²) < 4.78 is 80.9. The highest BCUT2D eigenvalue weighted by atomic mass is 19.4. The van der Waals surface area contributed by atoms with Crippen molar-refractivity contribution in [2.24, 2.45) is 0 Å². The second-order valence-corrected chi connectivity index (χ2v) is 10.4. The van der Waals surface area contributed by atoms with E-state index in [1.165, 1.54) is 30.7 Å². The Balaban J connectivity index is 1.99. The van der Waals surface area contributed by atoms with Crippen LogP contribution in [0.15, 0.2) is 48.5 Å². The van der Waals surface area contributed by atoms with E-state index in [-0.39, 0.29) is 31.7 Å². The molecule has 0 aliphatic carbocycles. The van der Waals surface area contributed by atoms with Crippen molar-refractivity contribution in [3.05, 3.63) is 70.8 Å². The van der Waals surface area contributed by atoms with Crippen LogP contribution in [0.2, 0.25) is 0 Å². The van der Waals surface area contributed by atoms with Crippen molar-refractivity contribution in [2.45, 2.75) is 56.5 Å². The fourth-order valence-electron chi connectivity index (χ4n) is 4.75. The number of urea groups is 1. The van der Waals surface area contributed by atoms with Crippen LogP contribution in [-0.4, -0.2) is 65.7 Å². The number of likely N-dealkylation sites (tertiary alicyclic amines) is 1. The van der Waals surface area contributed by atoms with Crippen molar-refractivity contribution in [3.8, 4) is 0 Å². The summed E-state index contributed by atoms with van der Waals surface area (Å²) in [5, 5.41) is 11.9. The molecule has 2 N–H and O–H groups in total. The van der Waals surface area contributed by atoms with Crippen LogP contribution in [0.25, 0.3) is 0 Å². The number of hydrogen-bond donors (Lipinski definition) is 2. The van der Waals surface area contributed by atoms with Crippen molar-refractivity contribution in [1.29, 1.82) is 0 Å². The molecule has 1 heterocycles. The van der Waals surface area contributed by atoms with E-state index in [2.05, 4.69) is 5.32 Å². The second-order valence-electron chi connectivity index (χ2n) is 10.4. The van der Waals surface area contributed by atoms with Crippen LogP contribution in [0.1, 0.15) is 48.9 Å². The molecule has 1 unspecified atom stereocenters. The molecule has 0 spiro atoms. The zero-order valence-corrected chi connectivity index (χ0v) is 21.9. The number of aliphatic hydroxyl groups excluding tert-OH is 1. The van der Waals surface area contributed by atoms with Gasteiger partial charge in [0.05, 0.1) is 35.2 Å². The Labute approximate surface area is 222 Å². The Morgan fingerprint density at radius 3 is 1.97 bits per heavy atom. The summed E-state index contributed by atoms with van der Waals surface area (Å²) in [7, 11) is 1.43. The third-order valence-corrected chi connectivity index (χ3v) is 7.11. The van der Waals surface area contributed by atoms with Gasteiger partial charge in [-0.05, 0) is 50.1 Å². The van der Waals surface area contributed by atoms with E-state index in [1.54, 1.807) is 25.1 Å². The molecule has 3 amide bonds. The Morgan fingerprint density at radius 1 is 0.974 bits per heavy atom. The molecule has 1 fully saturated rings. The first-order chi connectivity index (χ1) is 18.0. The van der Waals surface area contributed by atoms with Gasteiger partial charge in [0, 0.05) is 26.1 Å². The van der Waals surface area contributed by atoms with E-state index in [1.807, 2.05) is 12.1 Å². The summed E-state index contributed by atoms with van der Waals surface area (Å²) in [6, 6.07) is 8.57. The lowest BCUT2D eigenvalue weighted by atomic mass is 9.80. The van der Waals surface area contributed by atoms with Crippen LogP contribution in [0.5, 0.6) is 0 Å². The molecule has 0 radical (unpaired) electrons. The fourth-order valence-corrected chi connectivity index (χ4v) is 4.75. The van der Waals surface area contributed by atoms with E-state index < -0.39 is 58.5 Å². The zero-order chi connectivity index (χ0) is 29.3. The lowest BCUT2D eigenvalue weighted by molar-refractivity contribution is -0.144. The Hall–Kier alpha value is -3.28. The van der Waals surface area contributed by atoms with Crippen LogP contribution < -0.4 is 5.32 Å². The second kappa shape index (κ2) is 11.1. The zero-order valence-electron chi connectivity index (χ0n) is 21.9. The minimum Gasteiger partial charge on any atom is -0.394 e. The average Bonchev–Trinajstić information content (AvgIpc) is 3.32. The lowest BCUT2D eigenvalue weighted by Crippen LogP contribution is -2.50. The van der Waals surface area contributed by atoms with Gasteiger partial charge in [0.1, 0.15) is 0 Å². The van der Waals surface area contributed by atoms with E-state index in [0.717, 1.165) is 5.56 Å². The minimum atomic E-state index is -5.05. The first-order valence-corrected chi connectivity index (χ1v) is 12.2. The Morgan fingerprint density at radius 2 is 1.49 bits per heavy atom. The lowest BCUT2D eigenvalue weighted by Gasteiger charge is -2.36. The van der Waals surface area contributed by atoms with Gasteiger partial charge < -0.3 is 20.2 Å². The highest BCUT2D eigenvalue weighted by molar-refractivity contribution is 5.88. The number of benzene rings is 2. The first-order valence-electron chi connectivity index (χ1n) is 12.2. The summed E-state index contributed by atoms with van der Waals surface area (Å²) in [6.07, 6.45) is -10.1. The maximum absolute atomic E-state index is 13.8. The number of hydrogen-bond acceptors (Lipinski definition) is 3. The summed E-state index contributed by atoms with van der Waals surface area (Å²) in [5.41, 5.74) is -4.39. The van der Waals surface area contributed by atoms with Crippen molar-refractivity contribution >= 4 is 11.9 Å². The van der Waals surface area contributed by atoms with Crippen molar-refractivity contribution in [1.82, 2.24) is 15.1 Å². The largest absolute Gasteiger partial charge is 0.416 e. The molecular weight excluding hydrogens is 528 g/mol.